The van der Waals surface area contributed by atoms with Gasteiger partial charge < -0.3 is 4.74 Å². The van der Waals surface area contributed by atoms with Gasteiger partial charge in [0.25, 0.3) is 0 Å². The van der Waals surface area contributed by atoms with Gasteiger partial charge in [0.05, 0.1) is 7.11 Å². The Kier molecular flexibility index (Phi) is 3.97. The zero-order valence-electron chi connectivity index (χ0n) is 13.9. The maximum atomic E-state index is 13.1. The van der Waals surface area contributed by atoms with Crippen LogP contribution in [0.25, 0.3) is 10.8 Å². The van der Waals surface area contributed by atoms with Gasteiger partial charge in [-0.2, -0.15) is 0 Å². The zero-order valence-corrected chi connectivity index (χ0v) is 13.9. The second-order valence-corrected chi connectivity index (χ2v) is 6.74. The molecule has 3 rings (SSSR count). The lowest BCUT2D eigenvalue weighted by Crippen LogP contribution is -2.39. The number of ether oxygens (including phenoxy) is 1. The molecule has 2 unspecified atom stereocenters. The Morgan fingerprint density at radius 3 is 2.74 bits per heavy atom. The van der Waals surface area contributed by atoms with Gasteiger partial charge in [-0.15, -0.1) is 0 Å². The molecule has 3 heteroatoms. The van der Waals surface area contributed by atoms with E-state index in [4.69, 9.17) is 4.74 Å². The Balaban J connectivity index is 2.00. The molecule has 0 radical (unpaired) electrons. The molecule has 2 aromatic carbocycles. The van der Waals surface area contributed by atoms with Crippen molar-refractivity contribution >= 4 is 22.5 Å². The number of esters is 1. The van der Waals surface area contributed by atoms with Crippen LogP contribution in [0.4, 0.5) is 0 Å². The fourth-order valence-electron chi connectivity index (χ4n) is 3.65. The van der Waals surface area contributed by atoms with Crippen molar-refractivity contribution in [3.63, 3.8) is 0 Å². The molecule has 0 amide bonds. The average molecular weight is 310 g/mol. The van der Waals surface area contributed by atoms with E-state index in [1.807, 2.05) is 38.1 Å². The summed E-state index contributed by atoms with van der Waals surface area (Å²) in [6.07, 6.45) is 1.91. The normalized spacial score (nSPS) is 21.8. The topological polar surface area (TPSA) is 43.4 Å². The van der Waals surface area contributed by atoms with Crippen molar-refractivity contribution in [3.8, 4) is 0 Å². The zero-order chi connectivity index (χ0) is 16.6. The first-order valence-corrected chi connectivity index (χ1v) is 8.09. The Labute approximate surface area is 136 Å². The van der Waals surface area contributed by atoms with Crippen molar-refractivity contribution in [1.29, 1.82) is 0 Å². The monoisotopic (exact) mass is 310 g/mol. The quantitative estimate of drug-likeness (QED) is 0.799. The van der Waals surface area contributed by atoms with E-state index < -0.39 is 5.41 Å². The molecule has 0 saturated carbocycles. The van der Waals surface area contributed by atoms with Crippen molar-refractivity contribution in [2.75, 3.05) is 7.11 Å². The minimum absolute atomic E-state index is 0.0397. The van der Waals surface area contributed by atoms with Crippen LogP contribution >= 0.6 is 0 Å². The number of ketones is 1. The number of carbonyl (C=O) groups is 2. The van der Waals surface area contributed by atoms with Gasteiger partial charge in [-0.25, -0.2) is 0 Å². The highest BCUT2D eigenvalue weighted by Gasteiger charge is 2.43. The lowest BCUT2D eigenvalue weighted by Gasteiger charge is -2.38. The third-order valence-corrected chi connectivity index (χ3v) is 5.49. The number of hydrogen-bond acceptors (Lipinski definition) is 3. The van der Waals surface area contributed by atoms with E-state index in [1.54, 1.807) is 0 Å². The molecule has 0 fully saturated rings. The molecule has 1 aliphatic carbocycles. The number of methoxy groups -OCH3 is 1. The largest absolute Gasteiger partial charge is 0.469 e. The molecule has 0 heterocycles. The molecule has 0 N–H and O–H groups in total. The van der Waals surface area contributed by atoms with Gasteiger partial charge in [-0.05, 0) is 35.1 Å². The van der Waals surface area contributed by atoms with E-state index in [-0.39, 0.29) is 24.1 Å². The second kappa shape index (κ2) is 5.80. The summed E-state index contributed by atoms with van der Waals surface area (Å²) in [5.74, 6) is -0.140. The van der Waals surface area contributed by atoms with Crippen LogP contribution in [0, 0.1) is 11.3 Å². The molecule has 0 saturated heterocycles. The first kappa shape index (κ1) is 15.7. The summed E-state index contributed by atoms with van der Waals surface area (Å²) >= 11 is 0. The number of rotatable bonds is 3. The van der Waals surface area contributed by atoms with Gasteiger partial charge >= 0.3 is 5.97 Å². The van der Waals surface area contributed by atoms with Crippen LogP contribution < -0.4 is 0 Å². The number of carbonyl (C=O) groups excluding carboxylic acids is 2. The summed E-state index contributed by atoms with van der Waals surface area (Å²) in [4.78, 5) is 24.7. The Morgan fingerprint density at radius 2 is 2.00 bits per heavy atom. The molecule has 120 valence electrons. The average Bonchev–Trinajstić information content (AvgIpc) is 2.57. The first-order chi connectivity index (χ1) is 11.0. The van der Waals surface area contributed by atoms with Gasteiger partial charge in [0.15, 0.2) is 5.78 Å². The molecule has 2 atom stereocenters. The number of aryl methyl sites for hydroxylation is 1. The minimum Gasteiger partial charge on any atom is -0.469 e. The summed E-state index contributed by atoms with van der Waals surface area (Å²) in [6.45, 7) is 3.96. The molecule has 0 aliphatic heterocycles. The van der Waals surface area contributed by atoms with E-state index >= 15 is 0 Å². The van der Waals surface area contributed by atoms with Crippen LogP contribution in [0.15, 0.2) is 36.4 Å². The molecular formula is C20H22O3. The van der Waals surface area contributed by atoms with E-state index in [0.29, 0.717) is 0 Å². The maximum absolute atomic E-state index is 13.1. The third kappa shape index (κ3) is 2.54. The van der Waals surface area contributed by atoms with Gasteiger partial charge in [0.1, 0.15) is 0 Å². The van der Waals surface area contributed by atoms with Crippen LogP contribution in [0.3, 0.4) is 0 Å². The van der Waals surface area contributed by atoms with Crippen LogP contribution in [0.2, 0.25) is 0 Å². The fraction of sp³-hybridized carbons (Fsp3) is 0.400. The van der Waals surface area contributed by atoms with Gasteiger partial charge in [0, 0.05) is 17.4 Å². The molecule has 0 bridgehead atoms. The third-order valence-electron chi connectivity index (χ3n) is 5.49. The SMILES string of the molecule is COC(=O)CC(C)C1(C)CCc2c(ccc3ccccc23)C1=O. The van der Waals surface area contributed by atoms with Crippen molar-refractivity contribution in [2.45, 2.75) is 33.1 Å². The van der Waals surface area contributed by atoms with Gasteiger partial charge in [-0.1, -0.05) is 50.2 Å². The smallest absolute Gasteiger partial charge is 0.305 e. The van der Waals surface area contributed by atoms with Crippen molar-refractivity contribution in [1.82, 2.24) is 0 Å². The van der Waals surface area contributed by atoms with E-state index in [2.05, 4.69) is 12.1 Å². The molecular weight excluding hydrogens is 288 g/mol. The van der Waals surface area contributed by atoms with Crippen LogP contribution in [0.5, 0.6) is 0 Å². The highest BCUT2D eigenvalue weighted by Crippen LogP contribution is 2.44. The van der Waals surface area contributed by atoms with Crippen LogP contribution in [-0.4, -0.2) is 18.9 Å². The standard InChI is InChI=1S/C20H22O3/c1-13(12-18(21)23-3)20(2)11-10-16-15-7-5-4-6-14(15)8-9-17(16)19(20)22/h4-9,13H,10-12H2,1-3H3. The predicted molar refractivity (Wildman–Crippen MR) is 90.5 cm³/mol. The van der Waals surface area contributed by atoms with Crippen molar-refractivity contribution < 1.29 is 14.3 Å². The first-order valence-electron chi connectivity index (χ1n) is 8.09. The van der Waals surface area contributed by atoms with Crippen LogP contribution in [0.1, 0.15) is 42.6 Å². The van der Waals surface area contributed by atoms with E-state index in [9.17, 15) is 9.59 Å². The highest BCUT2D eigenvalue weighted by molar-refractivity contribution is 6.07. The molecule has 3 nitrogen and oxygen atoms in total. The summed E-state index contributed by atoms with van der Waals surface area (Å²) < 4.78 is 4.77. The lowest BCUT2D eigenvalue weighted by molar-refractivity contribution is -0.142. The lowest BCUT2D eigenvalue weighted by atomic mass is 9.64. The number of hydrogen-bond donors (Lipinski definition) is 0. The summed E-state index contributed by atoms with van der Waals surface area (Å²) in [7, 11) is 1.39. The van der Waals surface area contributed by atoms with E-state index in [1.165, 1.54) is 17.9 Å². The molecule has 2 aromatic rings. The number of benzene rings is 2. The Hall–Kier alpha value is -2.16. The Bertz CT molecular complexity index is 778. The summed E-state index contributed by atoms with van der Waals surface area (Å²) in [6, 6.07) is 12.2. The van der Waals surface area contributed by atoms with Crippen LogP contribution in [-0.2, 0) is 16.0 Å². The molecule has 23 heavy (non-hydrogen) atoms. The second-order valence-electron chi connectivity index (χ2n) is 6.74. The van der Waals surface area contributed by atoms with E-state index in [0.717, 1.165) is 24.0 Å². The summed E-state index contributed by atoms with van der Waals surface area (Å²) in [5.41, 5.74) is 1.45. The summed E-state index contributed by atoms with van der Waals surface area (Å²) in [5, 5.41) is 2.34. The number of fused-ring (bicyclic) bond motifs is 3. The van der Waals surface area contributed by atoms with Crippen molar-refractivity contribution in [2.24, 2.45) is 11.3 Å². The molecule has 1 aliphatic rings. The maximum Gasteiger partial charge on any atom is 0.305 e. The van der Waals surface area contributed by atoms with Gasteiger partial charge in [0.2, 0.25) is 0 Å². The van der Waals surface area contributed by atoms with Crippen molar-refractivity contribution in [3.05, 3.63) is 47.5 Å². The Morgan fingerprint density at radius 1 is 1.26 bits per heavy atom. The van der Waals surface area contributed by atoms with Gasteiger partial charge in [-0.3, -0.25) is 9.59 Å². The fourth-order valence-corrected chi connectivity index (χ4v) is 3.65. The molecule has 0 spiro atoms. The number of Topliss-reactive ketones (excluding diaryl/α,β-unsaturated/α-hetero) is 1. The minimum atomic E-state index is -0.510. The predicted octanol–water partition coefficient (Wildman–Crippen LogP) is 4.17. The molecule has 0 aromatic heterocycles. The highest BCUT2D eigenvalue weighted by atomic mass is 16.5.